The topological polar surface area (TPSA) is 26.0 Å². The smallest absolute Gasteiger partial charge is 0.0539 e. The van der Waals surface area contributed by atoms with Gasteiger partial charge in [-0.15, -0.1) is 0 Å². The minimum Gasteiger partial charge on any atom is -0.398 e. The number of benzene rings is 2. The van der Waals surface area contributed by atoms with Gasteiger partial charge >= 0.3 is 0 Å². The molecule has 2 N–H and O–H groups in total. The second-order valence-corrected chi connectivity index (χ2v) is 5.14. The van der Waals surface area contributed by atoms with Crippen LogP contribution in [0.5, 0.6) is 0 Å². The Hall–Kier alpha value is -1.47. The highest BCUT2D eigenvalue weighted by Crippen LogP contribution is 2.40. The van der Waals surface area contributed by atoms with E-state index >= 15 is 0 Å². The van der Waals surface area contributed by atoms with Crippen molar-refractivity contribution in [2.75, 3.05) is 5.73 Å². The van der Waals surface area contributed by atoms with E-state index < -0.39 is 0 Å². The summed E-state index contributed by atoms with van der Waals surface area (Å²) in [5, 5.41) is 0.806. The van der Waals surface area contributed by atoms with Crippen molar-refractivity contribution in [2.24, 2.45) is 0 Å². The van der Waals surface area contributed by atoms with Crippen molar-refractivity contribution in [1.29, 1.82) is 0 Å². The molecule has 0 aromatic heterocycles. The first-order chi connectivity index (χ1) is 9.11. The quantitative estimate of drug-likeness (QED) is 0.781. The fourth-order valence-electron chi connectivity index (χ4n) is 2.72. The van der Waals surface area contributed by atoms with Gasteiger partial charge in [-0.2, -0.15) is 0 Å². The van der Waals surface area contributed by atoms with E-state index in [-0.39, 0.29) is 0 Å². The van der Waals surface area contributed by atoms with Crippen molar-refractivity contribution in [3.05, 3.63) is 52.0 Å². The Labute approximate surface area is 120 Å². The Balaban J connectivity index is 2.81. The van der Waals surface area contributed by atoms with Crippen LogP contribution in [-0.4, -0.2) is 0 Å². The Bertz CT molecular complexity index is 557. The highest BCUT2D eigenvalue weighted by Gasteiger charge is 2.18. The molecule has 0 unspecified atom stereocenters. The van der Waals surface area contributed by atoms with Crippen LogP contribution in [-0.2, 0) is 12.8 Å². The monoisotopic (exact) mass is 273 g/mol. The van der Waals surface area contributed by atoms with Crippen LogP contribution in [0, 0.1) is 6.92 Å². The maximum atomic E-state index is 6.60. The largest absolute Gasteiger partial charge is 0.398 e. The van der Waals surface area contributed by atoms with Gasteiger partial charge < -0.3 is 5.73 Å². The molecular weight excluding hydrogens is 254 g/mol. The molecule has 0 bridgehead atoms. The molecule has 0 aliphatic rings. The Morgan fingerprint density at radius 2 is 1.58 bits per heavy atom. The Morgan fingerprint density at radius 1 is 1.00 bits per heavy atom. The zero-order valence-electron chi connectivity index (χ0n) is 11.8. The standard InChI is InChI=1S/C17H20ClN/c1-4-13-11(3)15(12-9-7-6-8-10-12)16(18)14(5-2)17(13)19/h6-10H,4-5,19H2,1-3H3. The van der Waals surface area contributed by atoms with E-state index in [1.165, 1.54) is 11.1 Å². The number of nitrogens with two attached hydrogens (primary N) is 1. The van der Waals surface area contributed by atoms with Crippen LogP contribution in [0.3, 0.4) is 0 Å². The second kappa shape index (κ2) is 5.66. The van der Waals surface area contributed by atoms with Gasteiger partial charge in [0.25, 0.3) is 0 Å². The van der Waals surface area contributed by atoms with Crippen LogP contribution in [0.2, 0.25) is 5.02 Å². The number of halogens is 1. The predicted molar refractivity (Wildman–Crippen MR) is 84.8 cm³/mol. The molecule has 2 aromatic rings. The van der Waals surface area contributed by atoms with E-state index in [0.29, 0.717) is 0 Å². The van der Waals surface area contributed by atoms with Gasteiger partial charge in [-0.1, -0.05) is 55.8 Å². The molecule has 0 radical (unpaired) electrons. The van der Waals surface area contributed by atoms with Crippen molar-refractivity contribution < 1.29 is 0 Å². The molecular formula is C17H20ClN. The molecule has 0 atom stereocenters. The average Bonchev–Trinajstić information content (AvgIpc) is 2.41. The van der Waals surface area contributed by atoms with Gasteiger partial charge in [-0.05, 0) is 42.0 Å². The first kappa shape index (κ1) is 14.0. The van der Waals surface area contributed by atoms with Crippen molar-refractivity contribution in [1.82, 2.24) is 0 Å². The average molecular weight is 274 g/mol. The molecule has 0 saturated carbocycles. The van der Waals surface area contributed by atoms with Gasteiger partial charge in [-0.3, -0.25) is 0 Å². The number of rotatable bonds is 3. The molecule has 0 aliphatic heterocycles. The first-order valence-electron chi connectivity index (χ1n) is 6.76. The minimum absolute atomic E-state index is 0.806. The van der Waals surface area contributed by atoms with E-state index in [9.17, 15) is 0 Å². The van der Waals surface area contributed by atoms with Gasteiger partial charge in [0, 0.05) is 11.3 Å². The highest BCUT2D eigenvalue weighted by atomic mass is 35.5. The van der Waals surface area contributed by atoms with E-state index in [4.69, 9.17) is 17.3 Å². The molecule has 0 amide bonds. The summed E-state index contributed by atoms with van der Waals surface area (Å²) in [4.78, 5) is 0. The second-order valence-electron chi connectivity index (χ2n) is 4.76. The molecule has 100 valence electrons. The summed E-state index contributed by atoms with van der Waals surface area (Å²) in [5.74, 6) is 0. The lowest BCUT2D eigenvalue weighted by molar-refractivity contribution is 1.07. The van der Waals surface area contributed by atoms with Crippen molar-refractivity contribution in [3.63, 3.8) is 0 Å². The summed E-state index contributed by atoms with van der Waals surface area (Å²) in [7, 11) is 0. The fraction of sp³-hybridized carbons (Fsp3) is 0.294. The third-order valence-electron chi connectivity index (χ3n) is 3.73. The summed E-state index contributed by atoms with van der Waals surface area (Å²) in [6, 6.07) is 10.3. The molecule has 2 aromatic carbocycles. The number of hydrogen-bond donors (Lipinski definition) is 1. The summed E-state index contributed by atoms with van der Waals surface area (Å²) in [6.07, 6.45) is 1.79. The van der Waals surface area contributed by atoms with Gasteiger partial charge in [0.1, 0.15) is 0 Å². The molecule has 0 heterocycles. The molecule has 19 heavy (non-hydrogen) atoms. The van der Waals surface area contributed by atoms with Gasteiger partial charge in [0.15, 0.2) is 0 Å². The highest BCUT2D eigenvalue weighted by molar-refractivity contribution is 6.34. The molecule has 2 heteroatoms. The summed E-state index contributed by atoms with van der Waals surface area (Å²) in [6.45, 7) is 6.35. The molecule has 0 aliphatic carbocycles. The van der Waals surface area contributed by atoms with E-state index in [1.54, 1.807) is 0 Å². The molecule has 2 rings (SSSR count). The SMILES string of the molecule is CCc1c(C)c(-c2ccccc2)c(Cl)c(CC)c1N. The summed E-state index contributed by atoms with van der Waals surface area (Å²) < 4.78 is 0. The van der Waals surface area contributed by atoms with Crippen molar-refractivity contribution in [2.45, 2.75) is 33.6 Å². The Kier molecular flexibility index (Phi) is 4.16. The van der Waals surface area contributed by atoms with Crippen LogP contribution in [0.15, 0.2) is 30.3 Å². The fourth-order valence-corrected chi connectivity index (χ4v) is 3.20. The Morgan fingerprint density at radius 3 is 2.11 bits per heavy atom. The summed E-state index contributed by atoms with van der Waals surface area (Å²) in [5.41, 5.74) is 12.9. The third kappa shape index (κ3) is 2.35. The number of nitrogen functional groups attached to an aromatic ring is 1. The van der Waals surface area contributed by atoms with Crippen LogP contribution < -0.4 is 5.73 Å². The van der Waals surface area contributed by atoms with Crippen LogP contribution >= 0.6 is 11.6 Å². The lowest BCUT2D eigenvalue weighted by Gasteiger charge is -2.19. The lowest BCUT2D eigenvalue weighted by Crippen LogP contribution is -2.04. The number of anilines is 1. The van der Waals surface area contributed by atoms with E-state index in [2.05, 4.69) is 32.9 Å². The molecule has 1 nitrogen and oxygen atoms in total. The number of hydrogen-bond acceptors (Lipinski definition) is 1. The molecule has 0 spiro atoms. The van der Waals surface area contributed by atoms with Gasteiger partial charge in [0.05, 0.1) is 5.02 Å². The molecule has 0 saturated heterocycles. The zero-order valence-corrected chi connectivity index (χ0v) is 12.5. The first-order valence-corrected chi connectivity index (χ1v) is 7.14. The van der Waals surface area contributed by atoms with Crippen LogP contribution in [0.25, 0.3) is 11.1 Å². The van der Waals surface area contributed by atoms with Crippen molar-refractivity contribution >= 4 is 17.3 Å². The summed E-state index contributed by atoms with van der Waals surface area (Å²) >= 11 is 6.60. The van der Waals surface area contributed by atoms with Gasteiger partial charge in [-0.25, -0.2) is 0 Å². The zero-order chi connectivity index (χ0) is 14.0. The minimum atomic E-state index is 0.806. The van der Waals surface area contributed by atoms with Crippen molar-refractivity contribution in [3.8, 4) is 11.1 Å². The predicted octanol–water partition coefficient (Wildman–Crippen LogP) is 5.02. The molecule has 0 fully saturated rings. The van der Waals surface area contributed by atoms with Gasteiger partial charge in [0.2, 0.25) is 0 Å². The maximum Gasteiger partial charge on any atom is 0.0539 e. The normalized spacial score (nSPS) is 10.7. The van der Waals surface area contributed by atoms with Crippen LogP contribution in [0.4, 0.5) is 5.69 Å². The van der Waals surface area contributed by atoms with E-state index in [1.807, 2.05) is 18.2 Å². The van der Waals surface area contributed by atoms with E-state index in [0.717, 1.165) is 40.2 Å². The maximum absolute atomic E-state index is 6.60. The third-order valence-corrected chi connectivity index (χ3v) is 4.15. The lowest BCUT2D eigenvalue weighted by atomic mass is 9.90. The van der Waals surface area contributed by atoms with Crippen LogP contribution in [0.1, 0.15) is 30.5 Å².